The molecular weight excluding hydrogens is 408 g/mol. The van der Waals surface area contributed by atoms with Crippen molar-refractivity contribution in [1.82, 2.24) is 19.5 Å². The van der Waals surface area contributed by atoms with Crippen LogP contribution in [0.2, 0.25) is 5.22 Å². The molecule has 2 aromatic heterocycles. The number of rotatable bonds is 5. The lowest BCUT2D eigenvalue weighted by molar-refractivity contribution is -0.131. The quantitative estimate of drug-likeness (QED) is 0.714. The number of hydrogen-bond acceptors (Lipinski definition) is 7. The molecule has 1 fully saturated rings. The van der Waals surface area contributed by atoms with Crippen molar-refractivity contribution in [3.05, 3.63) is 27.9 Å². The molecule has 0 aromatic carbocycles. The van der Waals surface area contributed by atoms with E-state index in [1.54, 1.807) is 25.7 Å². The summed E-state index contributed by atoms with van der Waals surface area (Å²) in [6.45, 7) is 6.37. The van der Waals surface area contributed by atoms with Gasteiger partial charge in [-0.1, -0.05) is 10.3 Å². The summed E-state index contributed by atoms with van der Waals surface area (Å²) in [5.74, 6) is 0.226. The summed E-state index contributed by atoms with van der Waals surface area (Å²) in [5, 5.41) is 7.72. The van der Waals surface area contributed by atoms with Crippen molar-refractivity contribution >= 4 is 27.5 Å². The van der Waals surface area contributed by atoms with E-state index in [2.05, 4.69) is 10.3 Å². The second-order valence-electron chi connectivity index (χ2n) is 6.81. The minimum atomic E-state index is -3.71. The number of hydrogen-bond donors (Lipinski definition) is 0. The van der Waals surface area contributed by atoms with E-state index < -0.39 is 10.0 Å². The van der Waals surface area contributed by atoms with Gasteiger partial charge in [0.1, 0.15) is 10.6 Å². The monoisotopic (exact) mass is 430 g/mol. The molecule has 9 nitrogen and oxygen atoms in total. The van der Waals surface area contributed by atoms with Crippen molar-refractivity contribution in [2.45, 2.75) is 44.9 Å². The Hall–Kier alpha value is -1.91. The second-order valence-corrected chi connectivity index (χ2v) is 9.03. The van der Waals surface area contributed by atoms with Gasteiger partial charge < -0.3 is 13.9 Å². The molecule has 1 aliphatic rings. The summed E-state index contributed by atoms with van der Waals surface area (Å²) >= 11 is 5.94. The fraction of sp³-hybridized carbons (Fsp3) is 0.588. The third-order valence-corrected chi connectivity index (χ3v) is 7.34. The zero-order chi connectivity index (χ0) is 20.5. The lowest BCUT2D eigenvalue weighted by Gasteiger charge is -2.22. The lowest BCUT2D eigenvalue weighted by Crippen LogP contribution is -2.37. The number of aryl methyl sites for hydroxylation is 3. The molecule has 0 unspecified atom stereocenters. The molecular formula is C17H23ClN4O5S. The van der Waals surface area contributed by atoms with E-state index in [1.165, 1.54) is 4.31 Å². The molecule has 3 heterocycles. The topological polar surface area (TPSA) is 110 Å². The predicted molar refractivity (Wildman–Crippen MR) is 101 cm³/mol. The molecule has 1 amide bonds. The first-order chi connectivity index (χ1) is 13.2. The van der Waals surface area contributed by atoms with Gasteiger partial charge in [-0.2, -0.15) is 4.31 Å². The highest BCUT2D eigenvalue weighted by Crippen LogP contribution is 2.25. The molecule has 3 rings (SSSR count). The molecule has 0 spiro atoms. The Morgan fingerprint density at radius 2 is 1.79 bits per heavy atom. The summed E-state index contributed by atoms with van der Waals surface area (Å²) in [7, 11) is -3.71. The van der Waals surface area contributed by atoms with Crippen molar-refractivity contribution < 1.29 is 22.3 Å². The van der Waals surface area contributed by atoms with Crippen molar-refractivity contribution in [1.29, 1.82) is 0 Å². The van der Waals surface area contributed by atoms with E-state index in [1.807, 2.05) is 0 Å². The summed E-state index contributed by atoms with van der Waals surface area (Å²) in [6, 6.07) is 0. The number of carbonyl (C=O) groups excluding carboxylic acids is 1. The largest absolute Gasteiger partial charge is 0.360 e. The molecule has 28 heavy (non-hydrogen) atoms. The first-order valence-electron chi connectivity index (χ1n) is 9.03. The third kappa shape index (κ3) is 4.08. The Balaban J connectivity index is 1.64. The zero-order valence-corrected chi connectivity index (χ0v) is 17.6. The molecule has 0 aliphatic carbocycles. The summed E-state index contributed by atoms with van der Waals surface area (Å²) in [5.41, 5.74) is 1.74. The van der Waals surface area contributed by atoms with E-state index in [0.717, 1.165) is 5.56 Å². The Morgan fingerprint density at radius 1 is 1.07 bits per heavy atom. The highest BCUT2D eigenvalue weighted by molar-refractivity contribution is 7.89. The van der Waals surface area contributed by atoms with Crippen LogP contribution in [0.25, 0.3) is 0 Å². The van der Waals surface area contributed by atoms with Crippen molar-refractivity contribution in [2.75, 3.05) is 26.2 Å². The lowest BCUT2D eigenvalue weighted by atomic mass is 10.1. The fourth-order valence-corrected chi connectivity index (χ4v) is 5.41. The summed E-state index contributed by atoms with van der Waals surface area (Å²) in [6.07, 6.45) is 1.25. The Bertz CT molecular complexity index is 929. The van der Waals surface area contributed by atoms with Crippen LogP contribution in [0.3, 0.4) is 0 Å². The van der Waals surface area contributed by atoms with Gasteiger partial charge in [0.25, 0.3) is 0 Å². The van der Waals surface area contributed by atoms with Crippen LogP contribution in [0, 0.1) is 20.8 Å². The van der Waals surface area contributed by atoms with Crippen LogP contribution in [0.5, 0.6) is 0 Å². The number of amides is 1. The highest BCUT2D eigenvalue weighted by atomic mass is 35.5. The standard InChI is InChI=1S/C17H23ClN4O5S/c1-11-14(17(18)27-19-11)5-6-15(23)21-7-4-8-22(10-9-21)28(24,25)16-12(2)20-26-13(16)3/h4-10H2,1-3H3. The molecule has 0 radical (unpaired) electrons. The van der Waals surface area contributed by atoms with Crippen LogP contribution in [0.1, 0.15) is 35.6 Å². The summed E-state index contributed by atoms with van der Waals surface area (Å²) in [4.78, 5) is 14.4. The van der Waals surface area contributed by atoms with Crippen LogP contribution < -0.4 is 0 Å². The molecule has 0 bridgehead atoms. The van der Waals surface area contributed by atoms with Crippen molar-refractivity contribution in [3.63, 3.8) is 0 Å². The minimum absolute atomic E-state index is 0.0479. The number of sulfonamides is 1. The van der Waals surface area contributed by atoms with Gasteiger partial charge in [-0.3, -0.25) is 4.79 Å². The van der Waals surface area contributed by atoms with E-state index >= 15 is 0 Å². The Labute approximate surface area is 168 Å². The number of aromatic nitrogens is 2. The molecule has 0 saturated carbocycles. The van der Waals surface area contributed by atoms with Crippen LogP contribution >= 0.6 is 11.6 Å². The van der Waals surface area contributed by atoms with Gasteiger partial charge in [0.05, 0.1) is 5.69 Å². The van der Waals surface area contributed by atoms with Gasteiger partial charge in [0.15, 0.2) is 5.76 Å². The molecule has 154 valence electrons. The summed E-state index contributed by atoms with van der Waals surface area (Å²) < 4.78 is 37.2. The fourth-order valence-electron chi connectivity index (χ4n) is 3.39. The molecule has 0 N–H and O–H groups in total. The van der Waals surface area contributed by atoms with E-state index in [9.17, 15) is 13.2 Å². The van der Waals surface area contributed by atoms with E-state index in [-0.39, 0.29) is 34.7 Å². The smallest absolute Gasteiger partial charge is 0.248 e. The van der Waals surface area contributed by atoms with Gasteiger partial charge in [-0.05, 0) is 45.2 Å². The first kappa shape index (κ1) is 20.8. The number of halogens is 1. The normalized spacial score (nSPS) is 16.4. The van der Waals surface area contributed by atoms with Crippen molar-refractivity contribution in [3.8, 4) is 0 Å². The van der Waals surface area contributed by atoms with E-state index in [0.29, 0.717) is 43.9 Å². The van der Waals surface area contributed by atoms with Gasteiger partial charge >= 0.3 is 0 Å². The maximum Gasteiger partial charge on any atom is 0.248 e. The molecule has 0 atom stereocenters. The molecule has 1 saturated heterocycles. The van der Waals surface area contributed by atoms with Gasteiger partial charge in [0, 0.05) is 38.2 Å². The van der Waals surface area contributed by atoms with Gasteiger partial charge in [-0.15, -0.1) is 0 Å². The van der Waals surface area contributed by atoms with Crippen LogP contribution in [-0.2, 0) is 21.2 Å². The third-order valence-electron chi connectivity index (χ3n) is 4.90. The van der Waals surface area contributed by atoms with Crippen LogP contribution in [-0.4, -0.2) is 60.0 Å². The molecule has 2 aromatic rings. The van der Waals surface area contributed by atoms with Crippen LogP contribution in [0.15, 0.2) is 13.9 Å². The first-order valence-corrected chi connectivity index (χ1v) is 10.8. The average Bonchev–Trinajstić information content (AvgIpc) is 3.03. The maximum absolute atomic E-state index is 13.0. The van der Waals surface area contributed by atoms with Gasteiger partial charge in [-0.25, -0.2) is 8.42 Å². The zero-order valence-electron chi connectivity index (χ0n) is 16.1. The highest BCUT2D eigenvalue weighted by Gasteiger charge is 2.32. The Morgan fingerprint density at radius 3 is 2.39 bits per heavy atom. The number of nitrogens with zero attached hydrogens (tertiary/aromatic N) is 4. The van der Waals surface area contributed by atoms with E-state index in [4.69, 9.17) is 20.6 Å². The van der Waals surface area contributed by atoms with Crippen molar-refractivity contribution in [2.24, 2.45) is 0 Å². The SMILES string of the molecule is Cc1noc(Cl)c1CCC(=O)N1CCCN(S(=O)(=O)c2c(C)noc2C)CC1. The van der Waals surface area contributed by atoms with Crippen LogP contribution in [0.4, 0.5) is 0 Å². The molecule has 11 heteroatoms. The number of carbonyl (C=O) groups is 1. The molecule has 1 aliphatic heterocycles. The second kappa shape index (κ2) is 8.22. The minimum Gasteiger partial charge on any atom is -0.360 e. The Kier molecular flexibility index (Phi) is 6.11. The maximum atomic E-state index is 13.0. The predicted octanol–water partition coefficient (Wildman–Crippen LogP) is 2.10. The average molecular weight is 431 g/mol. The van der Waals surface area contributed by atoms with Gasteiger partial charge in [0.2, 0.25) is 21.1 Å².